The van der Waals surface area contributed by atoms with Crippen LogP contribution in [0.4, 0.5) is 5.95 Å². The van der Waals surface area contributed by atoms with Gasteiger partial charge in [0.2, 0.25) is 17.7 Å². The van der Waals surface area contributed by atoms with Crippen LogP contribution in [0.15, 0.2) is 6.07 Å². The van der Waals surface area contributed by atoms with Gasteiger partial charge in [0, 0.05) is 6.54 Å². The monoisotopic (exact) mass is 269 g/mol. The Balaban J connectivity index is 2.93. The van der Waals surface area contributed by atoms with Crippen molar-refractivity contribution in [1.82, 2.24) is 9.97 Å². The molecule has 7 nitrogen and oxygen atoms in total. The molecule has 0 saturated heterocycles. The second-order valence-corrected chi connectivity index (χ2v) is 3.57. The van der Waals surface area contributed by atoms with E-state index in [9.17, 15) is 4.79 Å². The number of hydrogen-bond acceptors (Lipinski definition) is 7. The number of carbonyl (C=O) groups is 1. The summed E-state index contributed by atoms with van der Waals surface area (Å²) in [7, 11) is 3.01. The molecule has 0 aliphatic heterocycles. The Hall–Kier alpha value is -2.05. The molecule has 106 valence electrons. The highest BCUT2D eigenvalue weighted by atomic mass is 16.5. The Morgan fingerprint density at radius 1 is 1.21 bits per heavy atom. The third kappa shape index (κ3) is 4.27. The molecular weight excluding hydrogens is 250 g/mol. The molecule has 1 aromatic rings. The fraction of sp³-hybridized carbons (Fsp3) is 0.583. The van der Waals surface area contributed by atoms with Crippen molar-refractivity contribution in [2.24, 2.45) is 0 Å². The second-order valence-electron chi connectivity index (χ2n) is 3.57. The highest BCUT2D eigenvalue weighted by Gasteiger charge is 2.15. The van der Waals surface area contributed by atoms with Crippen LogP contribution in [0.3, 0.4) is 0 Å². The smallest absolute Gasteiger partial charge is 0.325 e. The highest BCUT2D eigenvalue weighted by molar-refractivity contribution is 5.75. The number of esters is 1. The summed E-state index contributed by atoms with van der Waals surface area (Å²) < 4.78 is 15.1. The van der Waals surface area contributed by atoms with Crippen LogP contribution in [-0.2, 0) is 9.53 Å². The molecule has 0 amide bonds. The fourth-order valence-electron chi connectivity index (χ4n) is 1.43. The van der Waals surface area contributed by atoms with Crippen molar-refractivity contribution < 1.29 is 19.0 Å². The van der Waals surface area contributed by atoms with Crippen LogP contribution < -0.4 is 14.4 Å². The van der Waals surface area contributed by atoms with Crippen molar-refractivity contribution in [2.45, 2.75) is 13.8 Å². The van der Waals surface area contributed by atoms with Gasteiger partial charge in [-0.1, -0.05) is 0 Å². The number of likely N-dealkylation sites (N-methyl/N-ethyl adjacent to an activating group) is 1. The molecule has 0 atom stereocenters. The summed E-state index contributed by atoms with van der Waals surface area (Å²) in [5, 5.41) is 0. The van der Waals surface area contributed by atoms with Crippen LogP contribution in [0.2, 0.25) is 0 Å². The van der Waals surface area contributed by atoms with Gasteiger partial charge in [-0.05, 0) is 13.8 Å². The topological polar surface area (TPSA) is 73.8 Å². The lowest BCUT2D eigenvalue weighted by Crippen LogP contribution is -2.32. The van der Waals surface area contributed by atoms with Crippen molar-refractivity contribution in [2.75, 3.05) is 38.8 Å². The third-order valence-corrected chi connectivity index (χ3v) is 2.38. The Labute approximate surface area is 112 Å². The molecule has 0 fully saturated rings. The summed E-state index contributed by atoms with van der Waals surface area (Å²) in [6, 6.07) is 1.57. The minimum atomic E-state index is -0.324. The summed E-state index contributed by atoms with van der Waals surface area (Å²) >= 11 is 0. The predicted molar refractivity (Wildman–Crippen MR) is 69.7 cm³/mol. The zero-order valence-electron chi connectivity index (χ0n) is 11.7. The first-order valence-electron chi connectivity index (χ1n) is 6.02. The maximum Gasteiger partial charge on any atom is 0.325 e. The first-order valence-corrected chi connectivity index (χ1v) is 6.02. The lowest BCUT2D eigenvalue weighted by Gasteiger charge is -2.20. The van der Waals surface area contributed by atoms with Crippen molar-refractivity contribution in [1.29, 1.82) is 0 Å². The van der Waals surface area contributed by atoms with E-state index in [0.717, 1.165) is 0 Å². The van der Waals surface area contributed by atoms with Gasteiger partial charge in [-0.15, -0.1) is 0 Å². The molecule has 0 N–H and O–H groups in total. The van der Waals surface area contributed by atoms with E-state index in [-0.39, 0.29) is 12.5 Å². The molecule has 1 rings (SSSR count). The number of nitrogens with zero attached hydrogens (tertiary/aromatic N) is 3. The Bertz CT molecular complexity index is 403. The molecule has 1 aromatic heterocycles. The average Bonchev–Trinajstić information content (AvgIpc) is 2.44. The van der Waals surface area contributed by atoms with Gasteiger partial charge in [-0.25, -0.2) is 0 Å². The van der Waals surface area contributed by atoms with Gasteiger partial charge in [-0.3, -0.25) is 4.79 Å². The van der Waals surface area contributed by atoms with Crippen LogP contribution in [0, 0.1) is 0 Å². The highest BCUT2D eigenvalue weighted by Crippen LogP contribution is 2.19. The first kappa shape index (κ1) is 15.0. The van der Waals surface area contributed by atoms with E-state index in [2.05, 4.69) is 9.97 Å². The Morgan fingerprint density at radius 2 is 1.79 bits per heavy atom. The first-order chi connectivity index (χ1) is 9.14. The number of rotatable bonds is 7. The van der Waals surface area contributed by atoms with Gasteiger partial charge in [0.15, 0.2) is 0 Å². The lowest BCUT2D eigenvalue weighted by atomic mass is 10.5. The number of ether oxygens (including phenoxy) is 3. The standard InChI is InChI=1S/C12H19N3O4/c1-5-15(8-11(16)19-6-2)12-13-9(17-3)7-10(14-12)18-4/h7H,5-6,8H2,1-4H3. The lowest BCUT2D eigenvalue weighted by molar-refractivity contribution is -0.141. The van der Waals surface area contributed by atoms with Crippen molar-refractivity contribution in [3.8, 4) is 11.8 Å². The van der Waals surface area contributed by atoms with Crippen LogP contribution >= 0.6 is 0 Å². The van der Waals surface area contributed by atoms with Gasteiger partial charge in [0.25, 0.3) is 0 Å². The van der Waals surface area contributed by atoms with E-state index in [1.54, 1.807) is 17.9 Å². The van der Waals surface area contributed by atoms with E-state index < -0.39 is 0 Å². The SMILES string of the molecule is CCOC(=O)CN(CC)c1nc(OC)cc(OC)n1. The van der Waals surface area contributed by atoms with E-state index in [4.69, 9.17) is 14.2 Å². The van der Waals surface area contributed by atoms with E-state index >= 15 is 0 Å². The number of carbonyl (C=O) groups excluding carboxylic acids is 1. The van der Waals surface area contributed by atoms with Gasteiger partial charge in [-0.2, -0.15) is 9.97 Å². The molecule has 0 aliphatic carbocycles. The predicted octanol–water partition coefficient (Wildman–Crippen LogP) is 0.883. The molecule has 7 heteroatoms. The maximum atomic E-state index is 11.5. The van der Waals surface area contributed by atoms with Gasteiger partial charge in [0.05, 0.1) is 26.9 Å². The molecule has 0 saturated carbocycles. The number of anilines is 1. The number of aromatic nitrogens is 2. The van der Waals surface area contributed by atoms with Gasteiger partial charge < -0.3 is 19.1 Å². The zero-order valence-corrected chi connectivity index (χ0v) is 11.7. The summed E-state index contributed by atoms with van der Waals surface area (Å²) in [4.78, 5) is 21.6. The minimum absolute atomic E-state index is 0.0840. The summed E-state index contributed by atoms with van der Waals surface area (Å²) in [5.74, 6) is 0.801. The normalized spacial score (nSPS) is 9.89. The molecule has 0 aromatic carbocycles. The van der Waals surface area contributed by atoms with Crippen molar-refractivity contribution in [3.05, 3.63) is 6.07 Å². The molecular formula is C12H19N3O4. The fourth-order valence-corrected chi connectivity index (χ4v) is 1.43. The third-order valence-electron chi connectivity index (χ3n) is 2.38. The summed E-state index contributed by atoms with van der Waals surface area (Å²) in [6.07, 6.45) is 0. The molecule has 1 heterocycles. The molecule has 0 bridgehead atoms. The van der Waals surface area contributed by atoms with Crippen molar-refractivity contribution in [3.63, 3.8) is 0 Å². The molecule has 0 radical (unpaired) electrons. The second kappa shape index (κ2) is 7.40. The summed E-state index contributed by atoms with van der Waals surface area (Å²) in [6.45, 7) is 4.66. The largest absolute Gasteiger partial charge is 0.481 e. The molecule has 0 aliphatic rings. The Kier molecular flexibility index (Phi) is 5.84. The van der Waals surface area contributed by atoms with Crippen LogP contribution in [0.25, 0.3) is 0 Å². The minimum Gasteiger partial charge on any atom is -0.481 e. The number of hydrogen-bond donors (Lipinski definition) is 0. The van der Waals surface area contributed by atoms with Crippen LogP contribution in [0.5, 0.6) is 11.8 Å². The zero-order chi connectivity index (χ0) is 14.3. The molecule has 0 unspecified atom stereocenters. The summed E-state index contributed by atoms with van der Waals surface area (Å²) in [5.41, 5.74) is 0. The van der Waals surface area contributed by atoms with E-state index in [1.807, 2.05) is 6.92 Å². The van der Waals surface area contributed by atoms with Crippen molar-refractivity contribution >= 4 is 11.9 Å². The van der Waals surface area contributed by atoms with Crippen LogP contribution in [0.1, 0.15) is 13.8 Å². The van der Waals surface area contributed by atoms with Gasteiger partial charge in [0.1, 0.15) is 6.54 Å². The molecule has 0 spiro atoms. The van der Waals surface area contributed by atoms with Crippen LogP contribution in [-0.4, -0.2) is 49.9 Å². The maximum absolute atomic E-state index is 11.5. The van der Waals surface area contributed by atoms with E-state index in [0.29, 0.717) is 30.9 Å². The average molecular weight is 269 g/mol. The van der Waals surface area contributed by atoms with Gasteiger partial charge >= 0.3 is 5.97 Å². The van der Waals surface area contributed by atoms with E-state index in [1.165, 1.54) is 14.2 Å². The number of methoxy groups -OCH3 is 2. The quantitative estimate of drug-likeness (QED) is 0.680. The molecule has 19 heavy (non-hydrogen) atoms. The Morgan fingerprint density at radius 3 is 2.21 bits per heavy atom.